The van der Waals surface area contributed by atoms with Crippen molar-refractivity contribution in [2.75, 3.05) is 70.8 Å². The lowest BCUT2D eigenvalue weighted by Gasteiger charge is -2.25. The fourth-order valence-corrected chi connectivity index (χ4v) is 2.24. The minimum Gasteiger partial charge on any atom is -0.377 e. The van der Waals surface area contributed by atoms with Gasteiger partial charge in [0.05, 0.1) is 52.9 Å². The van der Waals surface area contributed by atoms with Crippen molar-refractivity contribution in [1.29, 1.82) is 0 Å². The molecule has 0 bridgehead atoms. The van der Waals surface area contributed by atoms with Crippen molar-refractivity contribution in [3.05, 3.63) is 29.8 Å². The summed E-state index contributed by atoms with van der Waals surface area (Å²) in [7, 11) is 0. The fraction of sp³-hybridized carbons (Fsp3) is 0.588. The number of anilines is 1. The second kappa shape index (κ2) is 11.1. The maximum Gasteiger partial charge on any atom is 0.150 e. The largest absolute Gasteiger partial charge is 0.377 e. The van der Waals surface area contributed by atoms with Crippen molar-refractivity contribution in [2.24, 2.45) is 0 Å². The third-order valence-electron chi connectivity index (χ3n) is 3.52. The van der Waals surface area contributed by atoms with Crippen molar-refractivity contribution >= 4 is 12.0 Å². The molecule has 2 rings (SSSR count). The number of hydrogen-bond donors (Lipinski definition) is 0. The third-order valence-corrected chi connectivity index (χ3v) is 3.52. The molecule has 1 saturated heterocycles. The van der Waals surface area contributed by atoms with E-state index in [0.29, 0.717) is 58.4 Å². The summed E-state index contributed by atoms with van der Waals surface area (Å²) in [5.41, 5.74) is 1.73. The van der Waals surface area contributed by atoms with Crippen molar-refractivity contribution in [3.8, 4) is 0 Å². The summed E-state index contributed by atoms with van der Waals surface area (Å²) in [6.07, 6.45) is 0.849. The Morgan fingerprint density at radius 3 is 1.57 bits per heavy atom. The Morgan fingerprint density at radius 1 is 0.696 bits per heavy atom. The molecule has 6 nitrogen and oxygen atoms in total. The van der Waals surface area contributed by atoms with E-state index in [0.717, 1.165) is 25.1 Å². The molecule has 128 valence electrons. The summed E-state index contributed by atoms with van der Waals surface area (Å²) in [6.45, 7) is 6.24. The highest BCUT2D eigenvalue weighted by molar-refractivity contribution is 5.75. The fourth-order valence-electron chi connectivity index (χ4n) is 2.24. The Balaban J connectivity index is 1.89. The molecule has 6 heteroatoms. The number of carbonyl (C=O) groups is 1. The van der Waals surface area contributed by atoms with Gasteiger partial charge in [0.15, 0.2) is 0 Å². The second-order valence-corrected chi connectivity index (χ2v) is 5.15. The van der Waals surface area contributed by atoms with E-state index in [1.54, 1.807) is 0 Å². The maximum absolute atomic E-state index is 10.8. The van der Waals surface area contributed by atoms with Crippen molar-refractivity contribution in [2.45, 2.75) is 0 Å². The van der Waals surface area contributed by atoms with Gasteiger partial charge >= 0.3 is 0 Å². The van der Waals surface area contributed by atoms with Gasteiger partial charge < -0.3 is 23.8 Å². The summed E-state index contributed by atoms with van der Waals surface area (Å²) < 4.78 is 22.0. The van der Waals surface area contributed by atoms with E-state index < -0.39 is 0 Å². The van der Waals surface area contributed by atoms with Crippen LogP contribution in [0.2, 0.25) is 0 Å². The minimum absolute atomic E-state index is 0.577. The number of hydrogen-bond acceptors (Lipinski definition) is 6. The number of ether oxygens (including phenoxy) is 4. The average Bonchev–Trinajstić information content (AvgIpc) is 2.60. The van der Waals surface area contributed by atoms with Crippen LogP contribution in [-0.4, -0.2) is 72.2 Å². The lowest BCUT2D eigenvalue weighted by atomic mass is 10.2. The van der Waals surface area contributed by atoms with Crippen molar-refractivity contribution < 1.29 is 23.7 Å². The highest BCUT2D eigenvalue weighted by Gasteiger charge is 2.07. The summed E-state index contributed by atoms with van der Waals surface area (Å²) in [5, 5.41) is 0. The first-order valence-corrected chi connectivity index (χ1v) is 8.01. The zero-order valence-electron chi connectivity index (χ0n) is 13.4. The van der Waals surface area contributed by atoms with E-state index >= 15 is 0 Å². The van der Waals surface area contributed by atoms with Gasteiger partial charge in [0.2, 0.25) is 0 Å². The number of rotatable bonds is 2. The van der Waals surface area contributed by atoms with E-state index in [2.05, 4.69) is 4.90 Å². The van der Waals surface area contributed by atoms with Crippen LogP contribution in [-0.2, 0) is 18.9 Å². The molecule has 0 N–H and O–H groups in total. The quantitative estimate of drug-likeness (QED) is 0.767. The lowest BCUT2D eigenvalue weighted by Crippen LogP contribution is -2.31. The van der Waals surface area contributed by atoms with Crippen LogP contribution >= 0.6 is 0 Å². The van der Waals surface area contributed by atoms with Crippen molar-refractivity contribution in [1.82, 2.24) is 0 Å². The summed E-state index contributed by atoms with van der Waals surface area (Å²) in [5.74, 6) is 0. The first kappa shape index (κ1) is 17.9. The molecule has 1 heterocycles. The first-order valence-electron chi connectivity index (χ1n) is 8.01. The lowest BCUT2D eigenvalue weighted by molar-refractivity contribution is 0.00206. The number of nitrogens with zero attached hydrogens (tertiary/aromatic N) is 1. The molecule has 23 heavy (non-hydrogen) atoms. The van der Waals surface area contributed by atoms with Gasteiger partial charge in [0.1, 0.15) is 6.29 Å². The van der Waals surface area contributed by atoms with Gasteiger partial charge in [-0.15, -0.1) is 0 Å². The van der Waals surface area contributed by atoms with Gasteiger partial charge in [-0.25, -0.2) is 0 Å². The van der Waals surface area contributed by atoms with Crippen molar-refractivity contribution in [3.63, 3.8) is 0 Å². The molecule has 1 aliphatic heterocycles. The molecule has 1 fully saturated rings. The predicted octanol–water partition coefficient (Wildman–Crippen LogP) is 1.39. The molecule has 0 atom stereocenters. The van der Waals surface area contributed by atoms with Gasteiger partial charge in [-0.2, -0.15) is 0 Å². The average molecular weight is 323 g/mol. The molecule has 0 amide bonds. The maximum atomic E-state index is 10.8. The number of benzene rings is 1. The molecule has 1 aliphatic rings. The molecule has 0 saturated carbocycles. The van der Waals surface area contributed by atoms with Crippen LogP contribution in [0.25, 0.3) is 0 Å². The van der Waals surface area contributed by atoms with E-state index in [9.17, 15) is 4.79 Å². The van der Waals surface area contributed by atoms with Gasteiger partial charge in [0, 0.05) is 24.3 Å². The third kappa shape index (κ3) is 7.09. The molecular weight excluding hydrogens is 298 g/mol. The van der Waals surface area contributed by atoms with Crippen LogP contribution in [0.15, 0.2) is 24.3 Å². The summed E-state index contributed by atoms with van der Waals surface area (Å²) in [6, 6.07) is 7.54. The molecule has 1 aromatic carbocycles. The first-order chi connectivity index (χ1) is 11.4. The van der Waals surface area contributed by atoms with Crippen LogP contribution in [0.3, 0.4) is 0 Å². The predicted molar refractivity (Wildman–Crippen MR) is 87.3 cm³/mol. The topological polar surface area (TPSA) is 57.2 Å². The molecule has 0 unspecified atom stereocenters. The molecule has 0 aliphatic carbocycles. The van der Waals surface area contributed by atoms with E-state index in [1.807, 2.05) is 24.3 Å². The molecule has 0 spiro atoms. The standard InChI is InChI=1S/C17H25NO5/c19-15-16-1-3-17(4-2-16)18-5-7-20-9-11-22-13-14-23-12-10-21-8-6-18/h1-4,15H,5-14H2. The Bertz CT molecular complexity index is 421. The van der Waals surface area contributed by atoms with E-state index in [-0.39, 0.29) is 0 Å². The van der Waals surface area contributed by atoms with Crippen LogP contribution in [0.4, 0.5) is 5.69 Å². The highest BCUT2D eigenvalue weighted by atomic mass is 16.6. The smallest absolute Gasteiger partial charge is 0.150 e. The van der Waals surface area contributed by atoms with Gasteiger partial charge in [-0.05, 0) is 24.3 Å². The molecule has 0 aromatic heterocycles. The van der Waals surface area contributed by atoms with E-state index in [4.69, 9.17) is 18.9 Å². The van der Waals surface area contributed by atoms with Crippen LogP contribution < -0.4 is 4.90 Å². The van der Waals surface area contributed by atoms with E-state index in [1.165, 1.54) is 0 Å². The monoisotopic (exact) mass is 323 g/mol. The Kier molecular flexibility index (Phi) is 8.65. The zero-order chi connectivity index (χ0) is 16.2. The van der Waals surface area contributed by atoms with Crippen LogP contribution in [0, 0.1) is 0 Å². The summed E-state index contributed by atoms with van der Waals surface area (Å²) >= 11 is 0. The normalized spacial score (nSPS) is 19.6. The second-order valence-electron chi connectivity index (χ2n) is 5.15. The number of aldehydes is 1. The van der Waals surface area contributed by atoms with Gasteiger partial charge in [-0.3, -0.25) is 4.79 Å². The Labute approximate surface area is 137 Å². The Hall–Kier alpha value is -1.47. The van der Waals surface area contributed by atoms with Gasteiger partial charge in [-0.1, -0.05) is 0 Å². The summed E-state index contributed by atoms with van der Waals surface area (Å²) in [4.78, 5) is 13.0. The van der Waals surface area contributed by atoms with Gasteiger partial charge in [0.25, 0.3) is 0 Å². The Morgan fingerprint density at radius 2 is 1.13 bits per heavy atom. The number of carbonyl (C=O) groups excluding carboxylic acids is 1. The van der Waals surface area contributed by atoms with Crippen LogP contribution in [0.5, 0.6) is 0 Å². The zero-order valence-corrected chi connectivity index (χ0v) is 13.4. The molecule has 0 radical (unpaired) electrons. The molecular formula is C17H25NO5. The SMILES string of the molecule is O=Cc1ccc(N2CCOCCOCCOCCOCC2)cc1. The minimum atomic E-state index is 0.577. The highest BCUT2D eigenvalue weighted by Crippen LogP contribution is 2.14. The van der Waals surface area contributed by atoms with Crippen LogP contribution in [0.1, 0.15) is 10.4 Å². The molecule has 1 aromatic rings.